The highest BCUT2D eigenvalue weighted by molar-refractivity contribution is 5.48. The maximum absolute atomic E-state index is 5.89. The second-order valence-corrected chi connectivity index (χ2v) is 7.01. The summed E-state index contributed by atoms with van der Waals surface area (Å²) in [5, 5.41) is 7.05. The van der Waals surface area contributed by atoms with E-state index in [0.717, 1.165) is 24.5 Å². The molecule has 2 N–H and O–H groups in total. The predicted molar refractivity (Wildman–Crippen MR) is 81.9 cm³/mol. The molecule has 0 radical (unpaired) electrons. The summed E-state index contributed by atoms with van der Waals surface area (Å²) < 4.78 is 11.8. The molecule has 0 amide bonds. The molecule has 6 nitrogen and oxygen atoms in total. The Bertz CT molecular complexity index is 524. The van der Waals surface area contributed by atoms with Crippen LogP contribution in [0.4, 0.5) is 11.6 Å². The Hall–Kier alpha value is -1.40. The molecule has 0 aromatic carbocycles. The maximum atomic E-state index is 5.89. The van der Waals surface area contributed by atoms with E-state index >= 15 is 0 Å². The Balaban J connectivity index is 1.25. The highest BCUT2D eigenvalue weighted by atomic mass is 16.5. The molecular weight excluding hydrogens is 280 g/mol. The number of nitrogens with zero attached hydrogens (tertiary/aromatic N) is 2. The van der Waals surface area contributed by atoms with Crippen molar-refractivity contribution in [3.63, 3.8) is 0 Å². The molecule has 0 aliphatic carbocycles. The minimum absolute atomic E-state index is 0.357. The number of aromatic nitrogens is 2. The largest absolute Gasteiger partial charge is 0.373 e. The van der Waals surface area contributed by atoms with E-state index in [1.807, 2.05) is 6.07 Å². The van der Waals surface area contributed by atoms with Crippen molar-refractivity contribution in [2.75, 3.05) is 10.6 Å². The highest BCUT2D eigenvalue weighted by Gasteiger charge is 2.42. The number of hydrogen-bond donors (Lipinski definition) is 2. The van der Waals surface area contributed by atoms with Gasteiger partial charge in [-0.3, -0.25) is 0 Å². The van der Waals surface area contributed by atoms with Crippen molar-refractivity contribution < 1.29 is 9.47 Å². The van der Waals surface area contributed by atoms with Crippen LogP contribution in [-0.2, 0) is 9.47 Å². The first-order valence-electron chi connectivity index (χ1n) is 8.49. The molecule has 5 heterocycles. The lowest BCUT2D eigenvalue weighted by Crippen LogP contribution is -2.32. The van der Waals surface area contributed by atoms with E-state index in [4.69, 9.17) is 9.47 Å². The third-order valence-electron chi connectivity index (χ3n) is 5.55. The molecule has 4 aliphatic heterocycles. The highest BCUT2D eigenvalue weighted by Crippen LogP contribution is 2.37. The van der Waals surface area contributed by atoms with E-state index in [2.05, 4.69) is 20.6 Å². The number of hydrogen-bond acceptors (Lipinski definition) is 6. The number of ether oxygens (including phenoxy) is 2. The van der Waals surface area contributed by atoms with Gasteiger partial charge >= 0.3 is 0 Å². The predicted octanol–water partition coefficient (Wildman–Crippen LogP) is 1.94. The fraction of sp³-hybridized carbons (Fsp3) is 0.750. The van der Waals surface area contributed by atoms with Crippen LogP contribution in [0.25, 0.3) is 0 Å². The summed E-state index contributed by atoms with van der Waals surface area (Å²) in [5.74, 6) is 1.78. The Morgan fingerprint density at radius 1 is 0.818 bits per heavy atom. The molecule has 22 heavy (non-hydrogen) atoms. The molecular formula is C16H22N4O2. The first-order valence-corrected chi connectivity index (χ1v) is 8.49. The molecule has 4 aliphatic rings. The van der Waals surface area contributed by atoms with Crippen molar-refractivity contribution in [1.82, 2.24) is 9.97 Å². The van der Waals surface area contributed by atoms with Gasteiger partial charge in [0.15, 0.2) is 0 Å². The van der Waals surface area contributed by atoms with E-state index in [-0.39, 0.29) is 0 Å². The van der Waals surface area contributed by atoms with Gasteiger partial charge in [-0.1, -0.05) is 0 Å². The topological polar surface area (TPSA) is 68.3 Å². The summed E-state index contributed by atoms with van der Waals surface area (Å²) in [4.78, 5) is 8.72. The molecule has 4 fully saturated rings. The van der Waals surface area contributed by atoms with Crippen LogP contribution in [0.1, 0.15) is 38.5 Å². The molecule has 118 valence electrons. The van der Waals surface area contributed by atoms with Gasteiger partial charge in [-0.2, -0.15) is 0 Å². The standard InChI is InChI=1S/C16H22N4O2/c1-3-13-11(5-9(1)21-13)19-15-7-16(18-8-17-15)20-12-6-10-2-4-14(12)22-10/h7-14H,1-6H2,(H2,17,18,19,20)/t9-,10-,11+,12+,13-,14-/m1/s1. The molecule has 4 bridgehead atoms. The lowest BCUT2D eigenvalue weighted by atomic mass is 9.95. The van der Waals surface area contributed by atoms with Gasteiger partial charge in [0.2, 0.25) is 0 Å². The van der Waals surface area contributed by atoms with E-state index in [9.17, 15) is 0 Å². The first-order chi connectivity index (χ1) is 10.8. The minimum Gasteiger partial charge on any atom is -0.373 e. The van der Waals surface area contributed by atoms with Gasteiger partial charge in [0, 0.05) is 6.07 Å². The summed E-state index contributed by atoms with van der Waals surface area (Å²) in [5.41, 5.74) is 0. The summed E-state index contributed by atoms with van der Waals surface area (Å²) >= 11 is 0. The SMILES string of the molecule is c1nc(N[C@H]2C[C@H]3CC[C@H]2O3)cc(N[C@H]2C[C@H]3CC[C@H]2O3)n1. The number of rotatable bonds is 4. The summed E-state index contributed by atoms with van der Waals surface area (Å²) in [6.07, 6.45) is 10.2. The van der Waals surface area contributed by atoms with Gasteiger partial charge in [0.1, 0.15) is 18.0 Å². The van der Waals surface area contributed by atoms with Crippen LogP contribution in [-0.4, -0.2) is 46.5 Å². The summed E-state index contributed by atoms with van der Waals surface area (Å²) in [6, 6.07) is 2.80. The van der Waals surface area contributed by atoms with E-state index in [1.165, 1.54) is 25.7 Å². The maximum Gasteiger partial charge on any atom is 0.131 e. The van der Waals surface area contributed by atoms with Gasteiger partial charge in [-0.25, -0.2) is 9.97 Å². The molecule has 1 aromatic heterocycles. The molecule has 0 saturated carbocycles. The van der Waals surface area contributed by atoms with Crippen molar-refractivity contribution in [2.24, 2.45) is 0 Å². The first kappa shape index (κ1) is 13.1. The Morgan fingerprint density at radius 3 is 1.77 bits per heavy atom. The van der Waals surface area contributed by atoms with Crippen LogP contribution < -0.4 is 10.6 Å². The van der Waals surface area contributed by atoms with Crippen LogP contribution in [0.3, 0.4) is 0 Å². The minimum atomic E-state index is 0.357. The van der Waals surface area contributed by atoms with E-state index in [0.29, 0.717) is 36.5 Å². The van der Waals surface area contributed by atoms with Gasteiger partial charge in [0.05, 0.1) is 36.5 Å². The van der Waals surface area contributed by atoms with Gasteiger partial charge < -0.3 is 20.1 Å². The summed E-state index contributed by atoms with van der Waals surface area (Å²) in [7, 11) is 0. The van der Waals surface area contributed by atoms with Crippen LogP contribution in [0.2, 0.25) is 0 Å². The third kappa shape index (κ3) is 2.25. The van der Waals surface area contributed by atoms with Crippen molar-refractivity contribution in [3.8, 4) is 0 Å². The van der Waals surface area contributed by atoms with Crippen LogP contribution >= 0.6 is 0 Å². The zero-order chi connectivity index (χ0) is 14.5. The van der Waals surface area contributed by atoms with Gasteiger partial charge in [-0.15, -0.1) is 0 Å². The fourth-order valence-corrected chi connectivity index (χ4v) is 4.47. The lowest BCUT2D eigenvalue weighted by Gasteiger charge is -2.22. The number of nitrogens with one attached hydrogen (secondary N) is 2. The average molecular weight is 302 g/mol. The second kappa shape index (κ2) is 5.06. The Kier molecular flexibility index (Phi) is 3.01. The van der Waals surface area contributed by atoms with Crippen molar-refractivity contribution in [2.45, 2.75) is 75.0 Å². The van der Waals surface area contributed by atoms with Crippen LogP contribution in [0.15, 0.2) is 12.4 Å². The zero-order valence-electron chi connectivity index (χ0n) is 12.6. The van der Waals surface area contributed by atoms with E-state index < -0.39 is 0 Å². The van der Waals surface area contributed by atoms with Crippen molar-refractivity contribution in [1.29, 1.82) is 0 Å². The third-order valence-corrected chi connectivity index (χ3v) is 5.55. The number of anilines is 2. The van der Waals surface area contributed by atoms with Crippen molar-refractivity contribution >= 4 is 11.6 Å². The molecule has 0 spiro atoms. The monoisotopic (exact) mass is 302 g/mol. The molecule has 6 heteroatoms. The Labute approximate surface area is 130 Å². The second-order valence-electron chi connectivity index (χ2n) is 7.01. The van der Waals surface area contributed by atoms with Gasteiger partial charge in [-0.05, 0) is 38.5 Å². The molecule has 6 atom stereocenters. The lowest BCUT2D eigenvalue weighted by molar-refractivity contribution is 0.102. The molecule has 1 aromatic rings. The van der Waals surface area contributed by atoms with Crippen LogP contribution in [0, 0.1) is 0 Å². The normalized spacial score (nSPS) is 42.0. The average Bonchev–Trinajstić information content (AvgIpc) is 3.28. The van der Waals surface area contributed by atoms with Crippen molar-refractivity contribution in [3.05, 3.63) is 12.4 Å². The molecule has 5 rings (SSSR count). The molecule has 0 unspecified atom stereocenters. The Morgan fingerprint density at radius 2 is 1.36 bits per heavy atom. The van der Waals surface area contributed by atoms with E-state index in [1.54, 1.807) is 6.33 Å². The summed E-state index contributed by atoms with van der Waals surface area (Å²) in [6.45, 7) is 0. The van der Waals surface area contributed by atoms with Crippen LogP contribution in [0.5, 0.6) is 0 Å². The molecule has 4 saturated heterocycles. The number of fused-ring (bicyclic) bond motifs is 4. The fourth-order valence-electron chi connectivity index (χ4n) is 4.47. The quantitative estimate of drug-likeness (QED) is 0.886. The zero-order valence-corrected chi connectivity index (χ0v) is 12.6. The van der Waals surface area contributed by atoms with Gasteiger partial charge in [0.25, 0.3) is 0 Å². The smallest absolute Gasteiger partial charge is 0.131 e.